The summed E-state index contributed by atoms with van der Waals surface area (Å²) < 4.78 is 31.7. The van der Waals surface area contributed by atoms with Gasteiger partial charge in [-0.05, 0) is 51.9 Å². The van der Waals surface area contributed by atoms with Crippen LogP contribution in [0.15, 0.2) is 21.6 Å². The molecular formula is C13H20N2O5S. The van der Waals surface area contributed by atoms with Crippen LogP contribution in [-0.2, 0) is 10.0 Å². The third-order valence-corrected chi connectivity index (χ3v) is 5.03. The summed E-state index contributed by atoms with van der Waals surface area (Å²) in [5, 5.41) is 8.40. The van der Waals surface area contributed by atoms with Crippen LogP contribution in [0.3, 0.4) is 0 Å². The van der Waals surface area contributed by atoms with Crippen molar-refractivity contribution in [2.75, 3.05) is 13.1 Å². The van der Waals surface area contributed by atoms with E-state index in [1.54, 1.807) is 0 Å². The third kappa shape index (κ3) is 3.84. The minimum Gasteiger partial charge on any atom is -0.475 e. The first-order valence-electron chi connectivity index (χ1n) is 6.89. The van der Waals surface area contributed by atoms with Gasteiger partial charge >= 0.3 is 5.97 Å². The Labute approximate surface area is 124 Å². The number of nitrogens with one attached hydrogen (secondary N) is 1. The molecule has 0 spiro atoms. The minimum atomic E-state index is -3.81. The molecule has 1 aliphatic rings. The lowest BCUT2D eigenvalue weighted by Gasteiger charge is -2.34. The summed E-state index contributed by atoms with van der Waals surface area (Å²) in [5.74, 6) is -1.67. The number of hydrogen-bond acceptors (Lipinski definition) is 5. The summed E-state index contributed by atoms with van der Waals surface area (Å²) in [7, 11) is -3.81. The smallest absolute Gasteiger partial charge is 0.371 e. The van der Waals surface area contributed by atoms with Crippen LogP contribution in [0.4, 0.5) is 0 Å². The quantitative estimate of drug-likeness (QED) is 0.844. The topological polar surface area (TPSA) is 99.9 Å². The predicted molar refractivity (Wildman–Crippen MR) is 75.7 cm³/mol. The summed E-state index contributed by atoms with van der Waals surface area (Å²) in [4.78, 5) is 13.0. The van der Waals surface area contributed by atoms with Gasteiger partial charge in [0.25, 0.3) is 10.0 Å². The van der Waals surface area contributed by atoms with E-state index in [1.165, 1.54) is 0 Å². The van der Waals surface area contributed by atoms with Crippen LogP contribution in [0.25, 0.3) is 0 Å². The van der Waals surface area contributed by atoms with Gasteiger partial charge in [0.15, 0.2) is 0 Å². The van der Waals surface area contributed by atoms with Crippen molar-refractivity contribution in [2.24, 2.45) is 0 Å². The fraction of sp³-hybridized carbons (Fsp3) is 0.615. The van der Waals surface area contributed by atoms with Gasteiger partial charge in [0, 0.05) is 12.1 Å². The van der Waals surface area contributed by atoms with Crippen molar-refractivity contribution in [1.29, 1.82) is 0 Å². The Kier molecular flexibility index (Phi) is 4.70. The zero-order valence-electron chi connectivity index (χ0n) is 12.1. The van der Waals surface area contributed by atoms with Gasteiger partial charge in [-0.25, -0.2) is 17.9 Å². The van der Waals surface area contributed by atoms with E-state index in [4.69, 9.17) is 9.52 Å². The number of aromatic carboxylic acids is 1. The Morgan fingerprint density at radius 3 is 2.48 bits per heavy atom. The second kappa shape index (κ2) is 6.17. The lowest BCUT2D eigenvalue weighted by Crippen LogP contribution is -2.46. The van der Waals surface area contributed by atoms with Crippen LogP contribution in [0.1, 0.15) is 37.2 Å². The van der Waals surface area contributed by atoms with Crippen molar-refractivity contribution in [3.63, 3.8) is 0 Å². The highest BCUT2D eigenvalue weighted by Crippen LogP contribution is 2.18. The van der Waals surface area contributed by atoms with E-state index in [0.29, 0.717) is 6.04 Å². The zero-order chi connectivity index (χ0) is 15.6. The molecule has 0 atom stereocenters. The van der Waals surface area contributed by atoms with Crippen LogP contribution >= 0.6 is 0 Å². The number of carboxylic acid groups (broad SMARTS) is 1. The standard InChI is InChI=1S/C13H20N2O5S/c1-9(2)15-7-5-10(6-8-15)14-21(18,19)12-4-3-11(20-12)13(16)17/h3-4,9-10,14H,5-8H2,1-2H3,(H,16,17). The van der Waals surface area contributed by atoms with Gasteiger partial charge < -0.3 is 14.4 Å². The van der Waals surface area contributed by atoms with Gasteiger partial charge in [-0.15, -0.1) is 0 Å². The molecule has 2 rings (SSSR count). The van der Waals surface area contributed by atoms with Gasteiger partial charge in [0.1, 0.15) is 0 Å². The second-order valence-electron chi connectivity index (χ2n) is 5.45. The molecule has 0 amide bonds. The first-order valence-corrected chi connectivity index (χ1v) is 8.37. The van der Waals surface area contributed by atoms with E-state index >= 15 is 0 Å². The molecule has 0 unspecified atom stereocenters. The summed E-state index contributed by atoms with van der Waals surface area (Å²) in [6.45, 7) is 5.90. The van der Waals surface area contributed by atoms with Crippen molar-refractivity contribution in [3.05, 3.63) is 17.9 Å². The number of piperidine rings is 1. The SMILES string of the molecule is CC(C)N1CCC(NS(=O)(=O)c2ccc(C(=O)O)o2)CC1. The number of hydrogen-bond donors (Lipinski definition) is 2. The second-order valence-corrected chi connectivity index (χ2v) is 7.09. The van der Waals surface area contributed by atoms with Crippen molar-refractivity contribution in [3.8, 4) is 0 Å². The van der Waals surface area contributed by atoms with Crippen molar-refractivity contribution < 1.29 is 22.7 Å². The Morgan fingerprint density at radius 2 is 2.00 bits per heavy atom. The van der Waals surface area contributed by atoms with Crippen LogP contribution in [-0.4, -0.2) is 49.6 Å². The highest BCUT2D eigenvalue weighted by atomic mass is 32.2. The average molecular weight is 316 g/mol. The van der Waals surface area contributed by atoms with Crippen LogP contribution in [0.5, 0.6) is 0 Å². The summed E-state index contributed by atoms with van der Waals surface area (Å²) >= 11 is 0. The molecule has 0 bridgehead atoms. The number of carbonyl (C=O) groups is 1. The number of carboxylic acids is 1. The number of furan rings is 1. The van der Waals surface area contributed by atoms with Crippen molar-refractivity contribution in [1.82, 2.24) is 9.62 Å². The van der Waals surface area contributed by atoms with Crippen LogP contribution < -0.4 is 4.72 Å². The normalized spacial score (nSPS) is 18.2. The van der Waals surface area contributed by atoms with E-state index in [0.717, 1.165) is 38.1 Å². The number of sulfonamides is 1. The Hall–Kier alpha value is -1.38. The Balaban J connectivity index is 2.00. The highest BCUT2D eigenvalue weighted by Gasteiger charge is 2.27. The fourth-order valence-electron chi connectivity index (χ4n) is 2.39. The molecular weight excluding hydrogens is 296 g/mol. The van der Waals surface area contributed by atoms with Crippen LogP contribution in [0, 0.1) is 0 Å². The zero-order valence-corrected chi connectivity index (χ0v) is 12.9. The molecule has 1 aliphatic heterocycles. The molecule has 0 radical (unpaired) electrons. The van der Waals surface area contributed by atoms with E-state index in [1.807, 2.05) is 0 Å². The van der Waals surface area contributed by atoms with Gasteiger partial charge in [0.2, 0.25) is 10.9 Å². The van der Waals surface area contributed by atoms with Gasteiger partial charge in [0.05, 0.1) is 0 Å². The number of likely N-dealkylation sites (tertiary alicyclic amines) is 1. The van der Waals surface area contributed by atoms with E-state index in [-0.39, 0.29) is 16.9 Å². The molecule has 0 aromatic carbocycles. The van der Waals surface area contributed by atoms with Crippen molar-refractivity contribution in [2.45, 2.75) is 43.9 Å². The molecule has 2 N–H and O–H groups in total. The van der Waals surface area contributed by atoms with Gasteiger partial charge in [-0.1, -0.05) is 0 Å². The number of rotatable bonds is 5. The first kappa shape index (κ1) is 16.0. The first-order chi connectivity index (χ1) is 9.79. The predicted octanol–water partition coefficient (Wildman–Crippen LogP) is 1.13. The molecule has 2 heterocycles. The molecule has 1 aromatic heterocycles. The maximum absolute atomic E-state index is 12.1. The average Bonchev–Trinajstić information content (AvgIpc) is 2.89. The lowest BCUT2D eigenvalue weighted by atomic mass is 10.1. The van der Waals surface area contributed by atoms with Gasteiger partial charge in [-0.3, -0.25) is 0 Å². The fourth-order valence-corrected chi connectivity index (χ4v) is 3.63. The molecule has 1 aromatic rings. The molecule has 0 aliphatic carbocycles. The minimum absolute atomic E-state index is 0.150. The third-order valence-electron chi connectivity index (χ3n) is 3.64. The highest BCUT2D eigenvalue weighted by molar-refractivity contribution is 7.89. The largest absolute Gasteiger partial charge is 0.475 e. The maximum Gasteiger partial charge on any atom is 0.371 e. The maximum atomic E-state index is 12.1. The molecule has 21 heavy (non-hydrogen) atoms. The number of nitrogens with zero attached hydrogens (tertiary/aromatic N) is 1. The van der Waals surface area contributed by atoms with E-state index in [9.17, 15) is 13.2 Å². The summed E-state index contributed by atoms with van der Waals surface area (Å²) in [6, 6.07) is 2.60. The van der Waals surface area contributed by atoms with E-state index < -0.39 is 16.0 Å². The molecule has 8 heteroatoms. The Bertz CT molecular complexity index is 600. The molecule has 1 fully saturated rings. The monoisotopic (exact) mass is 316 g/mol. The van der Waals surface area contributed by atoms with Crippen LogP contribution in [0.2, 0.25) is 0 Å². The van der Waals surface area contributed by atoms with Crippen molar-refractivity contribution >= 4 is 16.0 Å². The lowest BCUT2D eigenvalue weighted by molar-refractivity contribution is 0.0656. The molecule has 118 valence electrons. The summed E-state index contributed by atoms with van der Waals surface area (Å²) in [6.07, 6.45) is 1.45. The molecule has 7 nitrogen and oxygen atoms in total. The Morgan fingerprint density at radius 1 is 1.38 bits per heavy atom. The molecule has 1 saturated heterocycles. The van der Waals surface area contributed by atoms with E-state index in [2.05, 4.69) is 23.5 Å². The molecule has 0 saturated carbocycles. The van der Waals surface area contributed by atoms with Gasteiger partial charge in [-0.2, -0.15) is 0 Å². The summed E-state index contributed by atoms with van der Waals surface area (Å²) in [5.41, 5.74) is 0.